The minimum Gasteiger partial charge on any atom is -0.337 e. The van der Waals surface area contributed by atoms with Crippen molar-refractivity contribution in [2.45, 2.75) is 32.7 Å². The number of amides is 1. The molecule has 5 rings (SSSR count). The fourth-order valence-electron chi connectivity index (χ4n) is 4.08. The van der Waals surface area contributed by atoms with Gasteiger partial charge in [0.15, 0.2) is 0 Å². The summed E-state index contributed by atoms with van der Waals surface area (Å²) in [6, 6.07) is 9.98. The number of aryl methyl sites for hydroxylation is 1. The number of carbonyl (C=O) groups excluding carboxylic acids is 1. The average Bonchev–Trinajstić information content (AvgIpc) is 3.55. The van der Waals surface area contributed by atoms with E-state index in [2.05, 4.69) is 20.3 Å². The molecule has 8 nitrogen and oxygen atoms in total. The van der Waals surface area contributed by atoms with Crippen molar-refractivity contribution in [3.8, 4) is 17.1 Å². The van der Waals surface area contributed by atoms with Gasteiger partial charge in [-0.1, -0.05) is 23.4 Å². The van der Waals surface area contributed by atoms with Crippen LogP contribution < -0.4 is 0 Å². The zero-order valence-corrected chi connectivity index (χ0v) is 17.7. The first-order chi connectivity index (χ1) is 15.5. The highest BCUT2D eigenvalue weighted by molar-refractivity contribution is 5.98. The minimum absolute atomic E-state index is 0.151. The second-order valence-corrected chi connectivity index (χ2v) is 7.86. The summed E-state index contributed by atoms with van der Waals surface area (Å²) in [6.45, 7) is 4.20. The minimum atomic E-state index is -0.350. The summed E-state index contributed by atoms with van der Waals surface area (Å²) >= 11 is 0. The quantitative estimate of drug-likeness (QED) is 0.483. The van der Waals surface area contributed by atoms with Gasteiger partial charge in [-0.05, 0) is 56.0 Å². The molecule has 9 heteroatoms. The van der Waals surface area contributed by atoms with Crippen LogP contribution in [-0.2, 0) is 0 Å². The van der Waals surface area contributed by atoms with E-state index in [-0.39, 0.29) is 17.8 Å². The van der Waals surface area contributed by atoms with Crippen molar-refractivity contribution in [3.63, 3.8) is 0 Å². The molecule has 4 aromatic rings. The lowest BCUT2D eigenvalue weighted by Crippen LogP contribution is -2.31. The van der Waals surface area contributed by atoms with E-state index in [0.717, 1.165) is 12.0 Å². The molecule has 2 aromatic heterocycles. The molecule has 0 aliphatic carbocycles. The van der Waals surface area contributed by atoms with Gasteiger partial charge in [0.2, 0.25) is 11.7 Å². The molecule has 1 fully saturated rings. The lowest BCUT2D eigenvalue weighted by molar-refractivity contribution is 0.0709. The molecule has 1 amide bonds. The maximum Gasteiger partial charge on any atom is 0.256 e. The highest BCUT2D eigenvalue weighted by Crippen LogP contribution is 2.34. The van der Waals surface area contributed by atoms with Gasteiger partial charge >= 0.3 is 0 Å². The van der Waals surface area contributed by atoms with Gasteiger partial charge in [0.05, 0.1) is 23.6 Å². The van der Waals surface area contributed by atoms with Gasteiger partial charge in [0, 0.05) is 12.1 Å². The summed E-state index contributed by atoms with van der Waals surface area (Å²) in [6.07, 6.45) is 4.66. The largest absolute Gasteiger partial charge is 0.337 e. The van der Waals surface area contributed by atoms with E-state index in [1.54, 1.807) is 42.4 Å². The van der Waals surface area contributed by atoms with Crippen LogP contribution in [0.25, 0.3) is 17.1 Å². The van der Waals surface area contributed by atoms with E-state index in [1.165, 1.54) is 10.9 Å². The Bertz CT molecular complexity index is 1280. The Labute approximate surface area is 183 Å². The van der Waals surface area contributed by atoms with Gasteiger partial charge in [-0.3, -0.25) is 4.79 Å². The van der Waals surface area contributed by atoms with Crippen LogP contribution in [0.4, 0.5) is 4.39 Å². The van der Waals surface area contributed by atoms with Crippen molar-refractivity contribution in [1.82, 2.24) is 30.0 Å². The van der Waals surface area contributed by atoms with Gasteiger partial charge in [-0.2, -0.15) is 20.0 Å². The zero-order chi connectivity index (χ0) is 22.2. The molecule has 1 aliphatic rings. The molecule has 1 atom stereocenters. The van der Waals surface area contributed by atoms with Crippen molar-refractivity contribution in [3.05, 3.63) is 77.2 Å². The Balaban J connectivity index is 1.47. The molecule has 32 heavy (non-hydrogen) atoms. The van der Waals surface area contributed by atoms with Crippen LogP contribution in [0, 0.1) is 19.7 Å². The van der Waals surface area contributed by atoms with E-state index >= 15 is 0 Å². The van der Waals surface area contributed by atoms with Crippen LogP contribution in [0.5, 0.6) is 0 Å². The Kier molecular flexibility index (Phi) is 5.01. The number of nitrogens with zero attached hydrogens (tertiary/aromatic N) is 6. The van der Waals surface area contributed by atoms with Crippen molar-refractivity contribution in [2.24, 2.45) is 0 Å². The van der Waals surface area contributed by atoms with Gasteiger partial charge in [0.1, 0.15) is 11.9 Å². The molecule has 0 spiro atoms. The maximum absolute atomic E-state index is 14.0. The molecule has 3 heterocycles. The molecule has 0 N–H and O–H groups in total. The number of likely N-dealkylation sites (tertiary alicyclic amines) is 1. The van der Waals surface area contributed by atoms with E-state index in [4.69, 9.17) is 4.52 Å². The Morgan fingerprint density at radius 2 is 1.97 bits per heavy atom. The van der Waals surface area contributed by atoms with Crippen molar-refractivity contribution >= 4 is 5.91 Å². The molecule has 0 radical (unpaired) electrons. The summed E-state index contributed by atoms with van der Waals surface area (Å²) in [4.78, 5) is 21.3. The molecular weight excluding hydrogens is 411 g/mol. The molecule has 1 aliphatic heterocycles. The normalized spacial score (nSPS) is 16.0. The highest BCUT2D eigenvalue weighted by atomic mass is 19.1. The third-order valence-electron chi connectivity index (χ3n) is 5.77. The second kappa shape index (κ2) is 7.99. The number of halogens is 1. The predicted molar refractivity (Wildman–Crippen MR) is 114 cm³/mol. The lowest BCUT2D eigenvalue weighted by atomic mass is 10.1. The number of carbonyl (C=O) groups is 1. The first-order valence-electron chi connectivity index (χ1n) is 10.4. The topological polar surface area (TPSA) is 89.9 Å². The molecular formula is C23H21FN6O2. The lowest BCUT2D eigenvalue weighted by Gasteiger charge is -2.23. The fourth-order valence-corrected chi connectivity index (χ4v) is 4.08. The third-order valence-corrected chi connectivity index (χ3v) is 5.77. The van der Waals surface area contributed by atoms with Crippen LogP contribution in [0.2, 0.25) is 0 Å². The average molecular weight is 432 g/mol. The maximum atomic E-state index is 14.0. The summed E-state index contributed by atoms with van der Waals surface area (Å²) in [5.41, 5.74) is 3.14. The van der Waals surface area contributed by atoms with E-state index in [9.17, 15) is 9.18 Å². The Morgan fingerprint density at radius 3 is 2.78 bits per heavy atom. The SMILES string of the molecule is Cc1ccc(C(=O)N2CCCC2c2nc(-c3cccc(F)c3C)no2)c(-n2nccn2)c1. The van der Waals surface area contributed by atoms with Crippen LogP contribution in [0.15, 0.2) is 53.3 Å². The smallest absolute Gasteiger partial charge is 0.256 e. The molecule has 1 unspecified atom stereocenters. The highest BCUT2D eigenvalue weighted by Gasteiger charge is 2.36. The predicted octanol–water partition coefficient (Wildman–Crippen LogP) is 4.05. The molecule has 2 aromatic carbocycles. The standard InChI is InChI=1S/C23H21FN6O2/c1-14-8-9-17(20(13-14)30-25-10-11-26-30)23(31)29-12-4-7-19(29)22-27-21(28-32-22)16-5-3-6-18(24)15(16)2/h3,5-6,8-11,13,19H,4,7,12H2,1-2H3. The first kappa shape index (κ1) is 20.0. The summed E-state index contributed by atoms with van der Waals surface area (Å²) in [7, 11) is 0. The monoisotopic (exact) mass is 432 g/mol. The van der Waals surface area contributed by atoms with Crippen LogP contribution in [-0.4, -0.2) is 42.5 Å². The van der Waals surface area contributed by atoms with E-state index in [0.29, 0.717) is 47.1 Å². The molecule has 0 bridgehead atoms. The van der Waals surface area contributed by atoms with Gasteiger partial charge in [0.25, 0.3) is 5.91 Å². The second-order valence-electron chi connectivity index (χ2n) is 7.86. The number of rotatable bonds is 4. The summed E-state index contributed by atoms with van der Waals surface area (Å²) in [5, 5.41) is 12.4. The number of hydrogen-bond donors (Lipinski definition) is 0. The van der Waals surface area contributed by atoms with Crippen LogP contribution in [0.3, 0.4) is 0 Å². The fraction of sp³-hybridized carbons (Fsp3) is 0.261. The third kappa shape index (κ3) is 3.45. The van der Waals surface area contributed by atoms with Crippen molar-refractivity contribution < 1.29 is 13.7 Å². The zero-order valence-electron chi connectivity index (χ0n) is 17.7. The van der Waals surface area contributed by atoms with E-state index < -0.39 is 0 Å². The van der Waals surface area contributed by atoms with Crippen molar-refractivity contribution in [2.75, 3.05) is 6.54 Å². The molecule has 1 saturated heterocycles. The summed E-state index contributed by atoms with van der Waals surface area (Å²) < 4.78 is 19.5. The van der Waals surface area contributed by atoms with Crippen LogP contribution in [0.1, 0.15) is 46.3 Å². The first-order valence-corrected chi connectivity index (χ1v) is 10.4. The molecule has 0 saturated carbocycles. The molecule has 162 valence electrons. The number of aromatic nitrogens is 5. The van der Waals surface area contributed by atoms with E-state index in [1.807, 2.05) is 19.1 Å². The number of benzene rings is 2. The van der Waals surface area contributed by atoms with Gasteiger partial charge in [-0.25, -0.2) is 4.39 Å². The Hall–Kier alpha value is -3.88. The Morgan fingerprint density at radius 1 is 1.16 bits per heavy atom. The van der Waals surface area contributed by atoms with Gasteiger partial charge < -0.3 is 9.42 Å². The van der Waals surface area contributed by atoms with Crippen LogP contribution >= 0.6 is 0 Å². The summed E-state index contributed by atoms with van der Waals surface area (Å²) in [5.74, 6) is 0.181. The van der Waals surface area contributed by atoms with Gasteiger partial charge in [-0.15, -0.1) is 0 Å². The van der Waals surface area contributed by atoms with Crippen molar-refractivity contribution in [1.29, 1.82) is 0 Å². The number of hydrogen-bond acceptors (Lipinski definition) is 6.